The van der Waals surface area contributed by atoms with E-state index in [0.717, 1.165) is 6.42 Å². The molecule has 0 aliphatic rings. The van der Waals surface area contributed by atoms with Crippen LogP contribution >= 0.6 is 12.4 Å². The number of hydrogen-bond donors (Lipinski definition) is 2. The molecule has 1 aromatic carbocycles. The van der Waals surface area contributed by atoms with E-state index in [-0.39, 0.29) is 18.4 Å². The highest BCUT2D eigenvalue weighted by Crippen LogP contribution is 2.00. The minimum atomic E-state index is 0. The normalized spacial score (nSPS) is 10.7. The topological polar surface area (TPSA) is 61.3 Å². The van der Waals surface area contributed by atoms with Gasteiger partial charge in [-0.25, -0.2) is 5.90 Å². The highest BCUT2D eigenvalue weighted by Gasteiger charge is 1.94. The second-order valence-electron chi connectivity index (χ2n) is 3.12. The fourth-order valence-corrected chi connectivity index (χ4v) is 0.986. The molecule has 0 saturated carbocycles. The van der Waals surface area contributed by atoms with Crippen molar-refractivity contribution in [1.82, 2.24) is 0 Å². The van der Waals surface area contributed by atoms with Crippen LogP contribution in [0, 0.1) is 0 Å². The van der Waals surface area contributed by atoms with Crippen molar-refractivity contribution in [3.05, 3.63) is 35.9 Å². The first-order valence-corrected chi connectivity index (χ1v) is 4.81. The number of hydrogen-bond acceptors (Lipinski definition) is 3. The summed E-state index contributed by atoms with van der Waals surface area (Å²) >= 11 is 0. The first-order chi connectivity index (χ1) is 6.70. The van der Waals surface area contributed by atoms with Crippen LogP contribution in [0.3, 0.4) is 0 Å². The fraction of sp³-hybridized carbons (Fsp3) is 0.455. The molecule has 0 amide bonds. The van der Waals surface area contributed by atoms with Gasteiger partial charge in [-0.3, -0.25) is 0 Å². The van der Waals surface area contributed by atoms with Gasteiger partial charge in [0.1, 0.15) is 0 Å². The lowest BCUT2D eigenvalue weighted by Crippen LogP contribution is -2.17. The van der Waals surface area contributed by atoms with Crippen LogP contribution in [-0.2, 0) is 11.3 Å². The molecule has 3 nitrogen and oxygen atoms in total. The quantitative estimate of drug-likeness (QED) is 0.783. The molecule has 0 saturated heterocycles. The van der Waals surface area contributed by atoms with E-state index in [1.54, 1.807) is 0 Å². The monoisotopic (exact) mass is 232 g/mol. The van der Waals surface area contributed by atoms with Gasteiger partial charge in [0.2, 0.25) is 0 Å². The fourth-order valence-electron chi connectivity index (χ4n) is 0.986. The van der Waals surface area contributed by atoms with Gasteiger partial charge in [0.15, 0.2) is 0 Å². The molecule has 0 fully saturated rings. The third kappa shape index (κ3) is 11.3. The predicted octanol–water partition coefficient (Wildman–Crippen LogP) is 1.89. The van der Waals surface area contributed by atoms with Gasteiger partial charge in [-0.15, -0.1) is 12.4 Å². The highest BCUT2D eigenvalue weighted by molar-refractivity contribution is 5.85. The lowest BCUT2D eigenvalue weighted by molar-refractivity contribution is 0.152. The zero-order chi connectivity index (χ0) is 10.8. The maximum absolute atomic E-state index is 5.62. The van der Waals surface area contributed by atoms with Gasteiger partial charge in [0.25, 0.3) is 0 Å². The third-order valence-corrected chi connectivity index (χ3v) is 1.57. The molecule has 0 spiro atoms. The molecule has 1 unspecified atom stereocenters. The SMILES string of the molecule is CC(N)Cc1ccccc1.CCON.Cl. The van der Waals surface area contributed by atoms with Crippen molar-refractivity contribution >= 4 is 12.4 Å². The first-order valence-electron chi connectivity index (χ1n) is 4.81. The molecular formula is C11H21ClN2O. The van der Waals surface area contributed by atoms with Crippen LogP contribution in [0.1, 0.15) is 19.4 Å². The Bertz CT molecular complexity index is 215. The first kappa shape index (κ1) is 16.8. The average molecular weight is 233 g/mol. The standard InChI is InChI=1S/C9H13N.C2H7NO.ClH/c1-8(10)7-9-5-3-2-4-6-9;1-2-4-3;/h2-6,8H,7,10H2,1H3;2-3H2,1H3;1H. The van der Waals surface area contributed by atoms with Crippen molar-refractivity contribution in [2.24, 2.45) is 11.6 Å². The van der Waals surface area contributed by atoms with E-state index in [4.69, 9.17) is 5.73 Å². The van der Waals surface area contributed by atoms with Crippen LogP contribution in [0.2, 0.25) is 0 Å². The Labute approximate surface area is 98.2 Å². The Balaban J connectivity index is 0. The number of nitrogens with two attached hydrogens (primary N) is 2. The van der Waals surface area contributed by atoms with Crippen LogP contribution in [0.4, 0.5) is 0 Å². The van der Waals surface area contributed by atoms with E-state index < -0.39 is 0 Å². The number of benzene rings is 1. The minimum Gasteiger partial charge on any atom is -0.328 e. The molecule has 0 heterocycles. The Kier molecular flexibility index (Phi) is 12.8. The molecule has 4 heteroatoms. The predicted molar refractivity (Wildman–Crippen MR) is 66.9 cm³/mol. The van der Waals surface area contributed by atoms with Crippen molar-refractivity contribution in [3.63, 3.8) is 0 Å². The van der Waals surface area contributed by atoms with E-state index in [9.17, 15) is 0 Å². The Hall–Kier alpha value is -0.610. The van der Waals surface area contributed by atoms with E-state index in [0.29, 0.717) is 6.61 Å². The van der Waals surface area contributed by atoms with Crippen LogP contribution < -0.4 is 11.6 Å². The molecule has 0 bridgehead atoms. The van der Waals surface area contributed by atoms with Gasteiger partial charge in [0.05, 0.1) is 6.61 Å². The summed E-state index contributed by atoms with van der Waals surface area (Å²) in [5.74, 6) is 4.53. The van der Waals surface area contributed by atoms with Gasteiger partial charge in [0, 0.05) is 6.04 Å². The molecule has 1 aromatic rings. The molecule has 1 atom stereocenters. The summed E-state index contributed by atoms with van der Waals surface area (Å²) in [6, 6.07) is 10.6. The lowest BCUT2D eigenvalue weighted by atomic mass is 10.1. The molecule has 0 aromatic heterocycles. The second kappa shape index (κ2) is 11.5. The minimum absolute atomic E-state index is 0. The largest absolute Gasteiger partial charge is 0.328 e. The maximum Gasteiger partial charge on any atom is 0.0651 e. The zero-order valence-electron chi connectivity index (χ0n) is 9.35. The van der Waals surface area contributed by atoms with Crippen LogP contribution in [0.5, 0.6) is 0 Å². The van der Waals surface area contributed by atoms with Gasteiger partial charge < -0.3 is 10.6 Å². The summed E-state index contributed by atoms with van der Waals surface area (Å²) in [4.78, 5) is 4.04. The molecular weight excluding hydrogens is 212 g/mol. The van der Waals surface area contributed by atoms with Gasteiger partial charge in [-0.1, -0.05) is 30.3 Å². The molecule has 0 radical (unpaired) electrons. The average Bonchev–Trinajstić information content (AvgIpc) is 2.19. The van der Waals surface area contributed by atoms with E-state index in [1.807, 2.05) is 32.0 Å². The Morgan fingerprint density at radius 1 is 1.27 bits per heavy atom. The summed E-state index contributed by atoms with van der Waals surface area (Å²) in [7, 11) is 0. The van der Waals surface area contributed by atoms with E-state index in [2.05, 4.69) is 22.9 Å². The van der Waals surface area contributed by atoms with Crippen molar-refractivity contribution in [2.45, 2.75) is 26.3 Å². The van der Waals surface area contributed by atoms with Gasteiger partial charge in [-0.05, 0) is 25.8 Å². The Morgan fingerprint density at radius 3 is 2.07 bits per heavy atom. The highest BCUT2D eigenvalue weighted by atomic mass is 35.5. The number of rotatable bonds is 3. The third-order valence-electron chi connectivity index (χ3n) is 1.57. The lowest BCUT2D eigenvalue weighted by Gasteiger charge is -2.02. The van der Waals surface area contributed by atoms with Crippen LogP contribution in [-0.4, -0.2) is 12.6 Å². The zero-order valence-corrected chi connectivity index (χ0v) is 10.2. The molecule has 1 rings (SSSR count). The van der Waals surface area contributed by atoms with Crippen molar-refractivity contribution in [3.8, 4) is 0 Å². The second-order valence-corrected chi connectivity index (χ2v) is 3.12. The summed E-state index contributed by atoms with van der Waals surface area (Å²) in [6.07, 6.45) is 0.973. The smallest absolute Gasteiger partial charge is 0.0651 e. The maximum atomic E-state index is 5.62. The summed E-state index contributed by atoms with van der Waals surface area (Å²) in [6.45, 7) is 4.45. The van der Waals surface area contributed by atoms with Crippen molar-refractivity contribution < 1.29 is 4.84 Å². The van der Waals surface area contributed by atoms with Crippen LogP contribution in [0.25, 0.3) is 0 Å². The summed E-state index contributed by atoms with van der Waals surface area (Å²) in [5.41, 5.74) is 6.94. The molecule has 15 heavy (non-hydrogen) atoms. The molecule has 4 N–H and O–H groups in total. The van der Waals surface area contributed by atoms with E-state index in [1.165, 1.54) is 5.56 Å². The van der Waals surface area contributed by atoms with Crippen molar-refractivity contribution in [2.75, 3.05) is 6.61 Å². The summed E-state index contributed by atoms with van der Waals surface area (Å²) < 4.78 is 0. The van der Waals surface area contributed by atoms with Crippen molar-refractivity contribution in [1.29, 1.82) is 0 Å². The van der Waals surface area contributed by atoms with Crippen LogP contribution in [0.15, 0.2) is 30.3 Å². The molecule has 0 aliphatic heterocycles. The molecule has 0 aliphatic carbocycles. The van der Waals surface area contributed by atoms with Gasteiger partial charge >= 0.3 is 0 Å². The Morgan fingerprint density at radius 2 is 1.73 bits per heavy atom. The van der Waals surface area contributed by atoms with E-state index >= 15 is 0 Å². The summed E-state index contributed by atoms with van der Waals surface area (Å²) in [5, 5.41) is 0. The number of halogens is 1. The molecule has 88 valence electrons. The van der Waals surface area contributed by atoms with Gasteiger partial charge in [-0.2, -0.15) is 0 Å².